The van der Waals surface area contributed by atoms with Crippen LogP contribution in [0.5, 0.6) is 0 Å². The predicted octanol–water partition coefficient (Wildman–Crippen LogP) is 1.50. The Hall–Kier alpha value is -0.280. The van der Waals surface area contributed by atoms with Gasteiger partial charge in [-0.25, -0.2) is 12.8 Å². The minimum Gasteiger partial charge on any atom is -0.743 e. The van der Waals surface area contributed by atoms with Gasteiger partial charge in [0.25, 0.3) is 0 Å². The predicted molar refractivity (Wildman–Crippen MR) is 50.4 cm³/mol. The zero-order valence-corrected chi connectivity index (χ0v) is 15.9. The summed E-state index contributed by atoms with van der Waals surface area (Å²) in [6.45, 7) is 0. The quantitative estimate of drug-likeness (QED) is 0.302. The monoisotopic (exact) mass is 522 g/mol. The Bertz CT molecular complexity index is 721. The fourth-order valence-electron chi connectivity index (χ4n) is 1.47. The molecule has 0 rings (SSSR count). The molecule has 0 bridgehead atoms. The van der Waals surface area contributed by atoms with Crippen molar-refractivity contribution in [2.45, 2.75) is 47.0 Å². The molecule has 0 aliphatic rings. The van der Waals surface area contributed by atoms with Gasteiger partial charge in [0.2, 0.25) is 0 Å². The molecule has 22 heteroatoms. The van der Waals surface area contributed by atoms with Crippen LogP contribution in [-0.4, -0.2) is 59.9 Å². The summed E-state index contributed by atoms with van der Waals surface area (Å²) in [6, 6.07) is 0. The van der Waals surface area contributed by atoms with Crippen molar-refractivity contribution >= 4 is 10.1 Å². The molecule has 0 radical (unpaired) electrons. The van der Waals surface area contributed by atoms with Gasteiger partial charge in [0, 0.05) is 0 Å². The van der Waals surface area contributed by atoms with E-state index in [-0.39, 0.29) is 29.6 Å². The average molecular weight is 522 g/mol. The summed E-state index contributed by atoms with van der Waals surface area (Å²) in [5.74, 6) is -35.5. The molecule has 0 aliphatic carbocycles. The van der Waals surface area contributed by atoms with Gasteiger partial charge in [-0.05, 0) is 0 Å². The Balaban J connectivity index is 0. The van der Waals surface area contributed by atoms with Crippen LogP contribution in [0, 0.1) is 0 Å². The van der Waals surface area contributed by atoms with Gasteiger partial charge >= 0.3 is 76.5 Å². The zero-order chi connectivity index (χ0) is 24.5. The van der Waals surface area contributed by atoms with E-state index in [9.17, 15) is 87.6 Å². The first-order chi connectivity index (χ1) is 12.0. The Morgan fingerprint density at radius 3 is 0.900 bits per heavy atom. The van der Waals surface area contributed by atoms with Crippen LogP contribution in [0.25, 0.3) is 0 Å². The Morgan fingerprint density at radius 1 is 0.467 bits per heavy atom. The van der Waals surface area contributed by atoms with Crippen LogP contribution in [0.4, 0.5) is 74.6 Å². The van der Waals surface area contributed by atoms with Crippen molar-refractivity contribution in [3.63, 3.8) is 0 Å². The van der Waals surface area contributed by atoms with E-state index in [1.165, 1.54) is 0 Å². The second-order valence-electron chi connectivity index (χ2n) is 4.92. The van der Waals surface area contributed by atoms with E-state index in [1.807, 2.05) is 0 Å². The van der Waals surface area contributed by atoms with E-state index in [0.29, 0.717) is 0 Å². The SMILES string of the molecule is O=S(=O)([O-])C(F)(F)C(F)(F)C(F)(F)C(F)(F)C(F)(F)C(F)(C(F)(F)F)C(F)(F)F.[Na+]. The fraction of sp³-hybridized carbons (Fsp3) is 1.00. The van der Waals surface area contributed by atoms with Gasteiger partial charge in [0.1, 0.15) is 0 Å². The second-order valence-corrected chi connectivity index (χ2v) is 6.34. The molecule has 0 spiro atoms. The van der Waals surface area contributed by atoms with Gasteiger partial charge in [0.05, 0.1) is 0 Å². The Labute approximate surface area is 174 Å². The number of alkyl halides is 17. The van der Waals surface area contributed by atoms with Gasteiger partial charge in [0.15, 0.2) is 10.1 Å². The van der Waals surface area contributed by atoms with E-state index in [1.54, 1.807) is 0 Å². The molecule has 0 aromatic heterocycles. The first-order valence-electron chi connectivity index (χ1n) is 5.67. The second kappa shape index (κ2) is 7.65. The third-order valence-electron chi connectivity index (χ3n) is 3.08. The molecule has 0 aromatic carbocycles. The third kappa shape index (κ3) is 3.85. The van der Waals surface area contributed by atoms with Crippen LogP contribution in [-0.2, 0) is 10.1 Å². The summed E-state index contributed by atoms with van der Waals surface area (Å²) >= 11 is 0. The maximum Gasteiger partial charge on any atom is 1.00 e. The van der Waals surface area contributed by atoms with Crippen LogP contribution >= 0.6 is 0 Å². The van der Waals surface area contributed by atoms with Crippen molar-refractivity contribution in [1.29, 1.82) is 0 Å². The minimum absolute atomic E-state index is 0. The van der Waals surface area contributed by atoms with Crippen LogP contribution in [0.3, 0.4) is 0 Å². The molecule has 30 heavy (non-hydrogen) atoms. The van der Waals surface area contributed by atoms with Gasteiger partial charge in [-0.3, -0.25) is 0 Å². The smallest absolute Gasteiger partial charge is 0.743 e. The van der Waals surface area contributed by atoms with Gasteiger partial charge < -0.3 is 4.55 Å². The molecule has 0 N–H and O–H groups in total. The van der Waals surface area contributed by atoms with Crippen molar-refractivity contribution in [2.75, 3.05) is 0 Å². The summed E-state index contributed by atoms with van der Waals surface area (Å²) in [6.07, 6.45) is -16.6. The normalized spacial score (nSPS) is 16.3. The van der Waals surface area contributed by atoms with Crippen LogP contribution < -0.4 is 29.6 Å². The summed E-state index contributed by atoms with van der Waals surface area (Å²) in [5.41, 5.74) is -8.73. The summed E-state index contributed by atoms with van der Waals surface area (Å²) in [5, 5.41) is -7.99. The van der Waals surface area contributed by atoms with Crippen LogP contribution in [0.2, 0.25) is 0 Å². The van der Waals surface area contributed by atoms with E-state index in [4.69, 9.17) is 0 Å². The minimum atomic E-state index is -9.02. The topological polar surface area (TPSA) is 57.2 Å². The largest absolute Gasteiger partial charge is 1.00 e. The van der Waals surface area contributed by atoms with Crippen molar-refractivity contribution < 1.29 is 117 Å². The molecule has 0 amide bonds. The number of halogens is 17. The molecule has 0 fully saturated rings. The van der Waals surface area contributed by atoms with Crippen molar-refractivity contribution in [2.24, 2.45) is 0 Å². The van der Waals surface area contributed by atoms with E-state index >= 15 is 0 Å². The van der Waals surface area contributed by atoms with E-state index in [0.717, 1.165) is 0 Å². The number of hydrogen-bond acceptors (Lipinski definition) is 3. The van der Waals surface area contributed by atoms with E-state index < -0.39 is 57.1 Å². The number of rotatable bonds is 6. The first-order valence-corrected chi connectivity index (χ1v) is 7.08. The fourth-order valence-corrected chi connectivity index (χ4v) is 1.91. The molecule has 0 atom stereocenters. The third-order valence-corrected chi connectivity index (χ3v) is 3.96. The van der Waals surface area contributed by atoms with Gasteiger partial charge in [-0.2, -0.15) is 70.2 Å². The Morgan fingerprint density at radius 2 is 0.700 bits per heavy atom. The zero-order valence-electron chi connectivity index (χ0n) is 13.1. The molecular weight excluding hydrogens is 522 g/mol. The Kier molecular flexibility index (Phi) is 8.13. The molecule has 0 unspecified atom stereocenters. The summed E-state index contributed by atoms with van der Waals surface area (Å²) < 4.78 is 245. The standard InChI is InChI=1S/C8HF17O3S.Na/c9-1(6(18,19)20,7(21,22)23)2(10,11)3(12,13)4(14,15)5(16,17)8(24,25)29(26,27)28;/h(H,26,27,28);/q;+1/p-1. The number of hydrogen-bond donors (Lipinski definition) is 0. The van der Waals surface area contributed by atoms with E-state index in [2.05, 4.69) is 0 Å². The molecule has 0 saturated carbocycles. The molecular formula is C8F17NaO3S. The molecule has 0 saturated heterocycles. The molecule has 0 heterocycles. The summed E-state index contributed by atoms with van der Waals surface area (Å²) in [7, 11) is -8.17. The average Bonchev–Trinajstić information content (AvgIpc) is 2.41. The maximum absolute atomic E-state index is 13.1. The first kappa shape index (κ1) is 31.9. The maximum atomic E-state index is 13.1. The van der Waals surface area contributed by atoms with Crippen LogP contribution in [0.15, 0.2) is 0 Å². The summed E-state index contributed by atoms with van der Waals surface area (Å²) in [4.78, 5) is 0. The van der Waals surface area contributed by atoms with Crippen molar-refractivity contribution in [3.05, 3.63) is 0 Å². The van der Waals surface area contributed by atoms with Gasteiger partial charge in [-0.1, -0.05) is 0 Å². The molecule has 3 nitrogen and oxygen atoms in total. The van der Waals surface area contributed by atoms with Crippen molar-refractivity contribution in [1.82, 2.24) is 0 Å². The van der Waals surface area contributed by atoms with Crippen molar-refractivity contribution in [3.8, 4) is 0 Å². The molecule has 0 aromatic rings. The van der Waals surface area contributed by atoms with Crippen LogP contribution in [0.1, 0.15) is 0 Å². The molecule has 0 aliphatic heterocycles. The van der Waals surface area contributed by atoms with Gasteiger partial charge in [-0.15, -0.1) is 0 Å². The molecule has 176 valence electrons.